The summed E-state index contributed by atoms with van der Waals surface area (Å²) in [5.41, 5.74) is 5.01. The number of nitrogens with two attached hydrogens (primary N) is 1. The smallest absolute Gasteiger partial charge is 0.417 e. The van der Waals surface area contributed by atoms with Crippen molar-refractivity contribution in [1.82, 2.24) is 4.90 Å². The molecule has 1 aromatic carbocycles. The summed E-state index contributed by atoms with van der Waals surface area (Å²) in [6, 6.07) is 2.06. The normalized spacial score (nSPS) is 19.1. The lowest BCUT2D eigenvalue weighted by Gasteiger charge is -2.35. The topological polar surface area (TPSA) is 78.6 Å². The van der Waals surface area contributed by atoms with Gasteiger partial charge in [-0.05, 0) is 31.4 Å². The summed E-state index contributed by atoms with van der Waals surface area (Å²) < 4.78 is 38.2. The van der Waals surface area contributed by atoms with E-state index in [1.54, 1.807) is 0 Å². The number of nitrogens with zero attached hydrogens (tertiary/aromatic N) is 1. The molecule has 1 saturated heterocycles. The third-order valence-electron chi connectivity index (χ3n) is 3.52. The Bertz CT molecular complexity index is 580. The first-order chi connectivity index (χ1) is 10.2. The van der Waals surface area contributed by atoms with E-state index in [0.29, 0.717) is 13.0 Å². The number of alkyl halides is 3. The molecule has 1 aliphatic rings. The molecule has 4 N–H and O–H groups in total. The van der Waals surface area contributed by atoms with Gasteiger partial charge in [0, 0.05) is 11.0 Å². The van der Waals surface area contributed by atoms with E-state index in [9.17, 15) is 18.0 Å². The number of halogens is 4. The number of amides is 1. The molecule has 0 aromatic heterocycles. The Balaban J connectivity index is 2.26. The van der Waals surface area contributed by atoms with Gasteiger partial charge in [-0.1, -0.05) is 15.9 Å². The zero-order valence-corrected chi connectivity index (χ0v) is 13.0. The first kappa shape index (κ1) is 16.7. The molecule has 0 radical (unpaired) electrons. The van der Waals surface area contributed by atoms with E-state index >= 15 is 0 Å². The van der Waals surface area contributed by atoms with Crippen LogP contribution in [0.4, 0.5) is 29.3 Å². The Morgan fingerprint density at radius 3 is 2.68 bits per heavy atom. The maximum absolute atomic E-state index is 12.8. The Morgan fingerprint density at radius 2 is 2.09 bits per heavy atom. The Labute approximate surface area is 133 Å². The van der Waals surface area contributed by atoms with Crippen LogP contribution in [0.2, 0.25) is 0 Å². The number of benzene rings is 1. The Kier molecular flexibility index (Phi) is 4.74. The highest BCUT2D eigenvalue weighted by atomic mass is 79.9. The summed E-state index contributed by atoms with van der Waals surface area (Å²) in [7, 11) is 0. The van der Waals surface area contributed by atoms with Crippen LogP contribution >= 0.6 is 15.9 Å². The number of carboxylic acid groups (broad SMARTS) is 1. The van der Waals surface area contributed by atoms with Crippen molar-refractivity contribution in [3.63, 3.8) is 0 Å². The predicted octanol–water partition coefficient (Wildman–Crippen LogP) is 3.95. The minimum absolute atomic E-state index is 0.0774. The summed E-state index contributed by atoms with van der Waals surface area (Å²) in [6.07, 6.45) is -3.91. The molecule has 0 bridgehead atoms. The van der Waals surface area contributed by atoms with E-state index in [1.807, 2.05) is 0 Å². The number of likely N-dealkylation sites (tertiary alicyclic amines) is 1. The SMILES string of the molecule is Nc1cc(C(F)(F)F)c(Br)cc1NC1CCCCN1C(=O)O. The second-order valence-electron chi connectivity index (χ2n) is 5.05. The van der Waals surface area contributed by atoms with Crippen LogP contribution < -0.4 is 11.1 Å². The molecule has 1 amide bonds. The van der Waals surface area contributed by atoms with Gasteiger partial charge in [-0.3, -0.25) is 4.90 Å². The summed E-state index contributed by atoms with van der Waals surface area (Å²) >= 11 is 2.88. The number of nitrogen functional groups attached to an aromatic ring is 1. The van der Waals surface area contributed by atoms with Gasteiger partial charge in [-0.15, -0.1) is 0 Å². The molecule has 0 aliphatic carbocycles. The average Bonchev–Trinajstić information content (AvgIpc) is 2.41. The van der Waals surface area contributed by atoms with Gasteiger partial charge in [0.15, 0.2) is 0 Å². The molecule has 122 valence electrons. The van der Waals surface area contributed by atoms with Crippen LogP contribution in [0.5, 0.6) is 0 Å². The number of hydrogen-bond acceptors (Lipinski definition) is 3. The highest BCUT2D eigenvalue weighted by Crippen LogP contribution is 2.39. The van der Waals surface area contributed by atoms with E-state index in [0.717, 1.165) is 18.9 Å². The van der Waals surface area contributed by atoms with Gasteiger partial charge in [0.05, 0.1) is 16.9 Å². The van der Waals surface area contributed by atoms with E-state index in [1.165, 1.54) is 11.0 Å². The van der Waals surface area contributed by atoms with Crippen molar-refractivity contribution in [1.29, 1.82) is 0 Å². The first-order valence-electron chi connectivity index (χ1n) is 6.62. The summed E-state index contributed by atoms with van der Waals surface area (Å²) in [5, 5.41) is 12.1. The second-order valence-corrected chi connectivity index (χ2v) is 5.90. The summed E-state index contributed by atoms with van der Waals surface area (Å²) in [5.74, 6) is 0. The first-order valence-corrected chi connectivity index (χ1v) is 7.41. The van der Waals surface area contributed by atoms with Crippen LogP contribution in [0.1, 0.15) is 24.8 Å². The molecule has 1 unspecified atom stereocenters. The van der Waals surface area contributed by atoms with Crippen LogP contribution in [0.3, 0.4) is 0 Å². The van der Waals surface area contributed by atoms with Gasteiger partial charge >= 0.3 is 12.3 Å². The van der Waals surface area contributed by atoms with Crippen LogP contribution in [-0.2, 0) is 6.18 Å². The van der Waals surface area contributed by atoms with Crippen molar-refractivity contribution in [3.8, 4) is 0 Å². The number of rotatable bonds is 2. The predicted molar refractivity (Wildman–Crippen MR) is 79.5 cm³/mol. The maximum Gasteiger partial charge on any atom is 0.417 e. The highest BCUT2D eigenvalue weighted by Gasteiger charge is 2.34. The van der Waals surface area contributed by atoms with Crippen molar-refractivity contribution in [2.45, 2.75) is 31.6 Å². The van der Waals surface area contributed by atoms with Crippen LogP contribution in [0, 0.1) is 0 Å². The molecule has 1 aromatic rings. The van der Waals surface area contributed by atoms with Crippen molar-refractivity contribution >= 4 is 33.4 Å². The number of anilines is 2. The summed E-state index contributed by atoms with van der Waals surface area (Å²) in [6.45, 7) is 0.384. The lowest BCUT2D eigenvalue weighted by molar-refractivity contribution is -0.138. The quantitative estimate of drug-likeness (QED) is 0.677. The second kappa shape index (κ2) is 6.23. The minimum Gasteiger partial charge on any atom is -0.465 e. The fraction of sp³-hybridized carbons (Fsp3) is 0.462. The third kappa shape index (κ3) is 3.57. The van der Waals surface area contributed by atoms with Crippen LogP contribution in [0.15, 0.2) is 16.6 Å². The van der Waals surface area contributed by atoms with Crippen molar-refractivity contribution in [3.05, 3.63) is 22.2 Å². The van der Waals surface area contributed by atoms with E-state index < -0.39 is 24.0 Å². The third-order valence-corrected chi connectivity index (χ3v) is 4.17. The van der Waals surface area contributed by atoms with Gasteiger partial charge in [0.2, 0.25) is 0 Å². The van der Waals surface area contributed by atoms with Gasteiger partial charge in [0.25, 0.3) is 0 Å². The molecule has 2 rings (SSSR count). The fourth-order valence-electron chi connectivity index (χ4n) is 2.42. The fourth-order valence-corrected chi connectivity index (χ4v) is 2.99. The number of hydrogen-bond donors (Lipinski definition) is 3. The van der Waals surface area contributed by atoms with Gasteiger partial charge in [-0.25, -0.2) is 4.79 Å². The number of piperidine rings is 1. The molecule has 5 nitrogen and oxygen atoms in total. The Hall–Kier alpha value is -1.64. The summed E-state index contributed by atoms with van der Waals surface area (Å²) in [4.78, 5) is 12.4. The molecule has 1 atom stereocenters. The maximum atomic E-state index is 12.8. The van der Waals surface area contributed by atoms with E-state index in [4.69, 9.17) is 10.8 Å². The van der Waals surface area contributed by atoms with Crippen LogP contribution in [-0.4, -0.2) is 28.8 Å². The lowest BCUT2D eigenvalue weighted by Crippen LogP contribution is -2.47. The molecular formula is C13H15BrF3N3O2. The molecule has 1 heterocycles. The lowest BCUT2D eigenvalue weighted by atomic mass is 10.1. The zero-order valence-electron chi connectivity index (χ0n) is 11.5. The van der Waals surface area contributed by atoms with Crippen LogP contribution in [0.25, 0.3) is 0 Å². The standard InChI is InChI=1S/C13H15BrF3N3O2/c14-8-6-10(9(18)5-7(8)13(15,16)17)19-11-3-1-2-4-20(11)12(21)22/h5-6,11,19H,1-4,18H2,(H,21,22). The molecular weight excluding hydrogens is 367 g/mol. The zero-order chi connectivity index (χ0) is 16.5. The van der Waals surface area contributed by atoms with Crippen molar-refractivity contribution < 1.29 is 23.1 Å². The largest absolute Gasteiger partial charge is 0.465 e. The van der Waals surface area contributed by atoms with Crippen molar-refractivity contribution in [2.24, 2.45) is 0 Å². The molecule has 1 aliphatic heterocycles. The average molecular weight is 382 g/mol. The molecule has 1 fully saturated rings. The highest BCUT2D eigenvalue weighted by molar-refractivity contribution is 9.10. The monoisotopic (exact) mass is 381 g/mol. The van der Waals surface area contributed by atoms with E-state index in [-0.39, 0.29) is 15.8 Å². The molecule has 0 spiro atoms. The van der Waals surface area contributed by atoms with E-state index in [2.05, 4.69) is 21.2 Å². The number of carbonyl (C=O) groups is 1. The van der Waals surface area contributed by atoms with Gasteiger partial charge < -0.3 is 16.2 Å². The van der Waals surface area contributed by atoms with Gasteiger partial charge in [-0.2, -0.15) is 13.2 Å². The Morgan fingerprint density at radius 1 is 1.41 bits per heavy atom. The minimum atomic E-state index is -4.51. The molecule has 22 heavy (non-hydrogen) atoms. The molecule has 0 saturated carbocycles. The molecule has 9 heteroatoms. The van der Waals surface area contributed by atoms with Gasteiger partial charge in [0.1, 0.15) is 6.17 Å². The number of nitrogens with one attached hydrogen (secondary N) is 1. The van der Waals surface area contributed by atoms with Crippen molar-refractivity contribution in [2.75, 3.05) is 17.6 Å².